The molecule has 3 rings (SSSR count). The molecule has 0 radical (unpaired) electrons. The summed E-state index contributed by atoms with van der Waals surface area (Å²) in [6.07, 6.45) is -0.381. The summed E-state index contributed by atoms with van der Waals surface area (Å²) in [6, 6.07) is 16.1. The molecule has 1 atom stereocenters. The van der Waals surface area contributed by atoms with E-state index in [1.165, 1.54) is 5.69 Å². The Balaban J connectivity index is 1.54. The average molecular weight is 399 g/mol. The Labute approximate surface area is 172 Å². The predicted octanol–water partition coefficient (Wildman–Crippen LogP) is 3.09. The van der Waals surface area contributed by atoms with E-state index >= 15 is 0 Å². The van der Waals surface area contributed by atoms with Gasteiger partial charge in [0, 0.05) is 57.6 Å². The smallest absolute Gasteiger partial charge is 0.405 e. The minimum atomic E-state index is -0.741. The summed E-state index contributed by atoms with van der Waals surface area (Å²) in [4.78, 5) is 16.2. The number of ether oxygens (including phenoxy) is 2. The van der Waals surface area contributed by atoms with Crippen LogP contribution in [0, 0.1) is 0 Å². The molecule has 0 bridgehead atoms. The maximum absolute atomic E-state index is 11.4. The van der Waals surface area contributed by atoms with Gasteiger partial charge in [-0.2, -0.15) is 0 Å². The number of rotatable bonds is 8. The van der Waals surface area contributed by atoms with Crippen LogP contribution < -0.4 is 20.7 Å². The van der Waals surface area contributed by atoms with E-state index in [0.717, 1.165) is 49.7 Å². The van der Waals surface area contributed by atoms with Gasteiger partial charge in [-0.1, -0.05) is 12.1 Å². The Morgan fingerprint density at radius 3 is 2.48 bits per heavy atom. The van der Waals surface area contributed by atoms with Gasteiger partial charge in [0.05, 0.1) is 7.11 Å². The van der Waals surface area contributed by atoms with Crippen LogP contribution in [0.1, 0.15) is 18.1 Å². The number of piperazine rings is 1. The predicted molar refractivity (Wildman–Crippen MR) is 116 cm³/mol. The molecule has 0 aliphatic carbocycles. The quantitative estimate of drug-likeness (QED) is 0.711. The molecule has 0 spiro atoms. The Kier molecular flexibility index (Phi) is 7.19. The zero-order valence-corrected chi connectivity index (χ0v) is 17.1. The fourth-order valence-corrected chi connectivity index (χ4v) is 3.65. The molecule has 1 unspecified atom stereocenters. The molecule has 1 saturated heterocycles. The highest BCUT2D eigenvalue weighted by Gasteiger charge is 2.21. The van der Waals surface area contributed by atoms with Crippen molar-refractivity contribution >= 4 is 17.5 Å². The molecule has 3 N–H and O–H groups in total. The highest BCUT2D eigenvalue weighted by atomic mass is 16.6. The van der Waals surface area contributed by atoms with E-state index in [1.807, 2.05) is 43.4 Å². The van der Waals surface area contributed by atoms with Crippen LogP contribution in [0.5, 0.6) is 5.75 Å². The van der Waals surface area contributed by atoms with Gasteiger partial charge in [0.1, 0.15) is 11.9 Å². The van der Waals surface area contributed by atoms with Crippen molar-refractivity contribution in [1.29, 1.82) is 0 Å². The number of nitrogens with one attached hydrogen (secondary N) is 1. The molecule has 2 aromatic carbocycles. The molecule has 0 aromatic heterocycles. The zero-order chi connectivity index (χ0) is 20.6. The first kappa shape index (κ1) is 20.8. The summed E-state index contributed by atoms with van der Waals surface area (Å²) in [5.41, 5.74) is 8.45. The van der Waals surface area contributed by atoms with Crippen LogP contribution >= 0.6 is 0 Å². The molecule has 2 aromatic rings. The first-order valence-electron chi connectivity index (χ1n) is 9.94. The zero-order valence-electron chi connectivity index (χ0n) is 17.1. The van der Waals surface area contributed by atoms with Crippen molar-refractivity contribution < 1.29 is 14.3 Å². The van der Waals surface area contributed by atoms with Gasteiger partial charge in [-0.25, -0.2) is 4.79 Å². The van der Waals surface area contributed by atoms with Crippen LogP contribution in [-0.4, -0.2) is 57.9 Å². The molecular formula is C22H30N4O3. The minimum absolute atomic E-state index is 0.347. The molecule has 1 fully saturated rings. The van der Waals surface area contributed by atoms with Gasteiger partial charge in [-0.05, 0) is 42.0 Å². The number of amides is 1. The average Bonchev–Trinajstić information content (AvgIpc) is 2.77. The van der Waals surface area contributed by atoms with Crippen molar-refractivity contribution in [3.05, 3.63) is 54.1 Å². The Morgan fingerprint density at radius 2 is 1.86 bits per heavy atom. The summed E-state index contributed by atoms with van der Waals surface area (Å²) in [6.45, 7) is 4.70. The topological polar surface area (TPSA) is 80.1 Å². The summed E-state index contributed by atoms with van der Waals surface area (Å²) in [5.74, 6) is 0.871. The SMILES string of the molecule is CNc1cccc(C(CCN2CCN(c3ccc(OC)cc3)CC2)OC(N)=O)c1. The number of carbonyl (C=O) groups is 1. The largest absolute Gasteiger partial charge is 0.497 e. The third kappa shape index (κ3) is 5.77. The van der Waals surface area contributed by atoms with Gasteiger partial charge < -0.3 is 25.4 Å². The first-order chi connectivity index (χ1) is 14.1. The Morgan fingerprint density at radius 1 is 1.14 bits per heavy atom. The summed E-state index contributed by atoms with van der Waals surface area (Å²) < 4.78 is 10.6. The van der Waals surface area contributed by atoms with Crippen molar-refractivity contribution in [2.24, 2.45) is 5.73 Å². The van der Waals surface area contributed by atoms with E-state index in [1.54, 1.807) is 7.11 Å². The normalized spacial score (nSPS) is 15.6. The second-order valence-electron chi connectivity index (χ2n) is 7.12. The van der Waals surface area contributed by atoms with Crippen LogP contribution in [0.15, 0.2) is 48.5 Å². The molecule has 29 heavy (non-hydrogen) atoms. The molecule has 156 valence electrons. The van der Waals surface area contributed by atoms with Crippen molar-refractivity contribution in [1.82, 2.24) is 4.90 Å². The highest BCUT2D eigenvalue weighted by molar-refractivity contribution is 5.65. The number of hydrogen-bond acceptors (Lipinski definition) is 6. The molecule has 7 nitrogen and oxygen atoms in total. The van der Waals surface area contributed by atoms with Crippen LogP contribution in [0.3, 0.4) is 0 Å². The van der Waals surface area contributed by atoms with Gasteiger partial charge in [-0.15, -0.1) is 0 Å². The maximum atomic E-state index is 11.4. The fourth-order valence-electron chi connectivity index (χ4n) is 3.65. The lowest BCUT2D eigenvalue weighted by atomic mass is 10.0. The second kappa shape index (κ2) is 10.0. The fraction of sp³-hybridized carbons (Fsp3) is 0.409. The van der Waals surface area contributed by atoms with Crippen LogP contribution in [0.25, 0.3) is 0 Å². The summed E-state index contributed by atoms with van der Waals surface area (Å²) in [7, 11) is 3.55. The van der Waals surface area contributed by atoms with Gasteiger partial charge in [0.25, 0.3) is 0 Å². The lowest BCUT2D eigenvalue weighted by Gasteiger charge is -2.36. The number of anilines is 2. The van der Waals surface area contributed by atoms with Crippen molar-refractivity contribution in [3.8, 4) is 5.75 Å². The second-order valence-corrected chi connectivity index (χ2v) is 7.12. The van der Waals surface area contributed by atoms with E-state index in [2.05, 4.69) is 27.2 Å². The lowest BCUT2D eigenvalue weighted by Crippen LogP contribution is -2.46. The van der Waals surface area contributed by atoms with E-state index in [9.17, 15) is 4.79 Å². The maximum Gasteiger partial charge on any atom is 0.405 e. The van der Waals surface area contributed by atoms with Crippen LogP contribution in [0.2, 0.25) is 0 Å². The minimum Gasteiger partial charge on any atom is -0.497 e. The van der Waals surface area contributed by atoms with Gasteiger partial charge in [0.15, 0.2) is 0 Å². The molecule has 7 heteroatoms. The first-order valence-corrected chi connectivity index (χ1v) is 9.94. The molecular weight excluding hydrogens is 368 g/mol. The van der Waals surface area contributed by atoms with Crippen molar-refractivity contribution in [2.75, 3.05) is 57.1 Å². The number of hydrogen-bond donors (Lipinski definition) is 2. The Hall–Kier alpha value is -2.93. The molecule has 1 aliphatic heterocycles. The number of methoxy groups -OCH3 is 1. The number of benzene rings is 2. The standard InChI is InChI=1S/C22H30N4O3/c1-24-18-5-3-4-17(16-18)21(29-22(23)27)10-11-25-12-14-26(15-13-25)19-6-8-20(28-2)9-7-19/h3-9,16,21,24H,10-15H2,1-2H3,(H2,23,27). The van der Waals surface area contributed by atoms with Crippen LogP contribution in [0.4, 0.5) is 16.2 Å². The molecule has 0 saturated carbocycles. The van der Waals surface area contributed by atoms with E-state index in [-0.39, 0.29) is 6.10 Å². The van der Waals surface area contributed by atoms with Crippen molar-refractivity contribution in [3.63, 3.8) is 0 Å². The summed E-state index contributed by atoms with van der Waals surface area (Å²) >= 11 is 0. The number of carbonyl (C=O) groups excluding carboxylic acids is 1. The summed E-state index contributed by atoms with van der Waals surface area (Å²) in [5, 5.41) is 3.11. The highest BCUT2D eigenvalue weighted by Crippen LogP contribution is 2.25. The number of primary amides is 1. The van der Waals surface area contributed by atoms with Gasteiger partial charge in [-0.3, -0.25) is 4.90 Å². The van der Waals surface area contributed by atoms with Crippen molar-refractivity contribution in [2.45, 2.75) is 12.5 Å². The Bertz CT molecular complexity index is 789. The van der Waals surface area contributed by atoms with Crippen LogP contribution in [-0.2, 0) is 4.74 Å². The van der Waals surface area contributed by atoms with Gasteiger partial charge >= 0.3 is 6.09 Å². The number of nitrogens with two attached hydrogens (primary N) is 1. The molecule has 1 heterocycles. The third-order valence-corrected chi connectivity index (χ3v) is 5.32. The molecule has 1 amide bonds. The van der Waals surface area contributed by atoms with E-state index in [0.29, 0.717) is 6.42 Å². The lowest BCUT2D eigenvalue weighted by molar-refractivity contribution is 0.0911. The van der Waals surface area contributed by atoms with E-state index < -0.39 is 6.09 Å². The van der Waals surface area contributed by atoms with Gasteiger partial charge in [0.2, 0.25) is 0 Å². The third-order valence-electron chi connectivity index (χ3n) is 5.32. The molecule has 1 aliphatic rings. The number of nitrogens with zero attached hydrogens (tertiary/aromatic N) is 2. The van der Waals surface area contributed by atoms with E-state index in [4.69, 9.17) is 15.2 Å². The monoisotopic (exact) mass is 398 g/mol.